The van der Waals surface area contributed by atoms with E-state index in [1.165, 1.54) is 5.56 Å². The Hall–Kier alpha value is -2.58. The van der Waals surface area contributed by atoms with Crippen LogP contribution in [0.4, 0.5) is 0 Å². The Morgan fingerprint density at radius 2 is 1.89 bits per heavy atom. The molecule has 2 aliphatic heterocycles. The lowest BCUT2D eigenvalue weighted by Crippen LogP contribution is -2.43. The zero-order valence-electron chi connectivity index (χ0n) is 23.2. The molecule has 1 saturated heterocycles. The van der Waals surface area contributed by atoms with Crippen LogP contribution in [0.5, 0.6) is 11.5 Å². The standard InChI is InChI=1S/C29H45N5O3/c1-5-6-15-33(16-8-7-14-31(2)3)29(35)21-34-20-24(23-9-11-26-27(19-23)37-22-36-26)18-25(34)10-12-28-30-13-17-32(28)4/h9,11,13,17,19,24-25H,5-8,10,12,14-16,18,20-22H2,1-4H3/t24-,25+/m1/s1. The summed E-state index contributed by atoms with van der Waals surface area (Å²) in [5, 5.41) is 0. The van der Waals surface area contributed by atoms with Gasteiger partial charge >= 0.3 is 0 Å². The number of hydrogen-bond acceptors (Lipinski definition) is 6. The maximum Gasteiger partial charge on any atom is 0.236 e. The van der Waals surface area contributed by atoms with Crippen molar-refractivity contribution in [2.24, 2.45) is 7.05 Å². The van der Waals surface area contributed by atoms with Crippen LogP contribution in [0.15, 0.2) is 30.6 Å². The average molecular weight is 512 g/mol. The van der Waals surface area contributed by atoms with Gasteiger partial charge in [0.15, 0.2) is 11.5 Å². The number of rotatable bonds is 14. The van der Waals surface area contributed by atoms with Crippen molar-refractivity contribution in [3.8, 4) is 11.5 Å². The van der Waals surface area contributed by atoms with Crippen LogP contribution in [0.3, 0.4) is 0 Å². The quantitative estimate of drug-likeness (QED) is 0.359. The Balaban J connectivity index is 1.43. The molecule has 0 aliphatic carbocycles. The fourth-order valence-corrected chi connectivity index (χ4v) is 5.53. The summed E-state index contributed by atoms with van der Waals surface area (Å²) in [6, 6.07) is 6.66. The van der Waals surface area contributed by atoms with Gasteiger partial charge < -0.3 is 23.8 Å². The molecule has 0 unspecified atom stereocenters. The third kappa shape index (κ3) is 7.48. The molecule has 0 radical (unpaired) electrons. The lowest BCUT2D eigenvalue weighted by Gasteiger charge is -2.29. The molecule has 37 heavy (non-hydrogen) atoms. The van der Waals surface area contributed by atoms with E-state index in [2.05, 4.69) is 64.5 Å². The van der Waals surface area contributed by atoms with Gasteiger partial charge in [-0.15, -0.1) is 0 Å². The fraction of sp³-hybridized carbons (Fsp3) is 0.655. The summed E-state index contributed by atoms with van der Waals surface area (Å²) in [4.78, 5) is 24.9. The van der Waals surface area contributed by atoms with Gasteiger partial charge in [0.05, 0.1) is 6.54 Å². The molecule has 3 heterocycles. The van der Waals surface area contributed by atoms with Crippen LogP contribution < -0.4 is 9.47 Å². The predicted molar refractivity (Wildman–Crippen MR) is 146 cm³/mol. The lowest BCUT2D eigenvalue weighted by atomic mass is 9.94. The van der Waals surface area contributed by atoms with Crippen LogP contribution >= 0.6 is 0 Å². The summed E-state index contributed by atoms with van der Waals surface area (Å²) < 4.78 is 13.3. The number of unbranched alkanes of at least 4 members (excludes halogenated alkanes) is 2. The minimum atomic E-state index is 0.270. The van der Waals surface area contributed by atoms with E-state index < -0.39 is 0 Å². The van der Waals surface area contributed by atoms with Crippen molar-refractivity contribution in [2.75, 3.05) is 53.6 Å². The molecule has 0 spiro atoms. The van der Waals surface area contributed by atoms with Crippen LogP contribution in [0.1, 0.15) is 62.8 Å². The maximum absolute atomic E-state index is 13.6. The second kappa shape index (κ2) is 13.3. The Kier molecular flexibility index (Phi) is 9.86. The number of carbonyl (C=O) groups is 1. The first kappa shape index (κ1) is 27.5. The number of carbonyl (C=O) groups excluding carboxylic acids is 1. The van der Waals surface area contributed by atoms with E-state index in [0.29, 0.717) is 25.3 Å². The minimum Gasteiger partial charge on any atom is -0.454 e. The van der Waals surface area contributed by atoms with E-state index in [1.807, 2.05) is 18.5 Å². The zero-order valence-corrected chi connectivity index (χ0v) is 23.2. The van der Waals surface area contributed by atoms with Crippen molar-refractivity contribution < 1.29 is 14.3 Å². The molecule has 2 aromatic rings. The number of imidazole rings is 1. The highest BCUT2D eigenvalue weighted by atomic mass is 16.7. The first-order valence-corrected chi connectivity index (χ1v) is 14.0. The van der Waals surface area contributed by atoms with Crippen LogP contribution in [0.25, 0.3) is 0 Å². The van der Waals surface area contributed by atoms with E-state index in [0.717, 1.165) is 88.4 Å². The van der Waals surface area contributed by atoms with Crippen LogP contribution in [0.2, 0.25) is 0 Å². The van der Waals surface area contributed by atoms with Crippen molar-refractivity contribution in [2.45, 2.75) is 63.8 Å². The van der Waals surface area contributed by atoms with Crippen molar-refractivity contribution >= 4 is 5.91 Å². The first-order chi connectivity index (χ1) is 17.9. The van der Waals surface area contributed by atoms with Crippen molar-refractivity contribution in [1.82, 2.24) is 24.3 Å². The smallest absolute Gasteiger partial charge is 0.236 e. The number of aryl methyl sites for hydroxylation is 2. The van der Waals surface area contributed by atoms with Crippen molar-refractivity contribution in [1.29, 1.82) is 0 Å². The van der Waals surface area contributed by atoms with Gasteiger partial charge in [-0.25, -0.2) is 4.98 Å². The molecule has 4 rings (SSSR count). The second-order valence-electron chi connectivity index (χ2n) is 10.9. The third-order valence-corrected chi connectivity index (χ3v) is 7.77. The average Bonchev–Trinajstić information content (AvgIpc) is 3.61. The second-order valence-corrected chi connectivity index (χ2v) is 10.9. The van der Waals surface area contributed by atoms with Crippen molar-refractivity contribution in [3.63, 3.8) is 0 Å². The summed E-state index contributed by atoms with van der Waals surface area (Å²) >= 11 is 0. The minimum absolute atomic E-state index is 0.270. The zero-order chi connectivity index (χ0) is 26.2. The number of nitrogens with zero attached hydrogens (tertiary/aromatic N) is 5. The van der Waals surface area contributed by atoms with Gasteiger partial charge in [-0.3, -0.25) is 9.69 Å². The highest BCUT2D eigenvalue weighted by Crippen LogP contribution is 2.39. The molecule has 1 fully saturated rings. The van der Waals surface area contributed by atoms with E-state index >= 15 is 0 Å². The van der Waals surface area contributed by atoms with Crippen LogP contribution in [-0.2, 0) is 18.3 Å². The number of ether oxygens (including phenoxy) is 2. The van der Waals surface area contributed by atoms with Crippen LogP contribution in [0, 0.1) is 0 Å². The molecule has 2 aliphatic rings. The summed E-state index contributed by atoms with van der Waals surface area (Å²) in [7, 11) is 6.26. The van der Waals surface area contributed by atoms with Gasteiger partial charge in [0.1, 0.15) is 5.82 Å². The Morgan fingerprint density at radius 1 is 1.11 bits per heavy atom. The topological polar surface area (TPSA) is 63.1 Å². The van der Waals surface area contributed by atoms with E-state index in [-0.39, 0.29) is 5.91 Å². The molecular weight excluding hydrogens is 466 g/mol. The highest BCUT2D eigenvalue weighted by molar-refractivity contribution is 5.78. The van der Waals surface area contributed by atoms with E-state index in [4.69, 9.17) is 9.47 Å². The monoisotopic (exact) mass is 511 g/mol. The fourth-order valence-electron chi connectivity index (χ4n) is 5.53. The number of benzene rings is 1. The predicted octanol–water partition coefficient (Wildman–Crippen LogP) is 3.91. The Bertz CT molecular complexity index is 1010. The highest BCUT2D eigenvalue weighted by Gasteiger charge is 2.35. The van der Waals surface area contributed by atoms with Gasteiger partial charge in [-0.05, 0) is 76.4 Å². The molecule has 0 bridgehead atoms. The van der Waals surface area contributed by atoms with Gasteiger partial charge in [0, 0.05) is 51.5 Å². The molecule has 1 aromatic heterocycles. The number of likely N-dealkylation sites (tertiary alicyclic amines) is 1. The molecule has 1 amide bonds. The molecule has 0 saturated carbocycles. The van der Waals surface area contributed by atoms with E-state index in [9.17, 15) is 4.79 Å². The summed E-state index contributed by atoms with van der Waals surface area (Å²) in [6.07, 6.45) is 11.1. The van der Waals surface area contributed by atoms with Gasteiger partial charge in [-0.2, -0.15) is 0 Å². The number of hydrogen-bond donors (Lipinski definition) is 0. The van der Waals surface area contributed by atoms with Gasteiger partial charge in [0.25, 0.3) is 0 Å². The number of aromatic nitrogens is 2. The molecule has 204 valence electrons. The van der Waals surface area contributed by atoms with Gasteiger partial charge in [0.2, 0.25) is 12.7 Å². The third-order valence-electron chi connectivity index (χ3n) is 7.77. The molecule has 1 aromatic carbocycles. The van der Waals surface area contributed by atoms with E-state index in [1.54, 1.807) is 0 Å². The molecular formula is C29H45N5O3. The summed E-state index contributed by atoms with van der Waals surface area (Å²) in [5.74, 6) is 3.40. The maximum atomic E-state index is 13.6. The SMILES string of the molecule is CCCCN(CCCCN(C)C)C(=O)CN1C[C@H](c2ccc3c(c2)OCO3)C[C@@H]1CCc1nccn1C. The Morgan fingerprint density at radius 3 is 2.65 bits per heavy atom. The molecule has 8 heteroatoms. The normalized spacial score (nSPS) is 19.2. The largest absolute Gasteiger partial charge is 0.454 e. The summed E-state index contributed by atoms with van der Waals surface area (Å²) in [5.41, 5.74) is 1.27. The number of fused-ring (bicyclic) bond motifs is 1. The number of amides is 1. The van der Waals surface area contributed by atoms with Crippen molar-refractivity contribution in [3.05, 3.63) is 42.0 Å². The molecule has 0 N–H and O–H groups in total. The van der Waals surface area contributed by atoms with Crippen LogP contribution in [-0.4, -0.2) is 89.8 Å². The first-order valence-electron chi connectivity index (χ1n) is 14.0. The molecule has 8 nitrogen and oxygen atoms in total. The Labute approximate surface area is 222 Å². The molecule has 2 atom stereocenters. The summed E-state index contributed by atoms with van der Waals surface area (Å²) in [6.45, 7) is 6.63. The van der Waals surface area contributed by atoms with Gasteiger partial charge in [-0.1, -0.05) is 19.4 Å². The lowest BCUT2D eigenvalue weighted by molar-refractivity contribution is -0.132.